The van der Waals surface area contributed by atoms with Crippen molar-refractivity contribution in [2.24, 2.45) is 0 Å². The maximum absolute atomic E-state index is 0. The summed E-state index contributed by atoms with van der Waals surface area (Å²) in [4.78, 5) is 0. The summed E-state index contributed by atoms with van der Waals surface area (Å²) in [6, 6.07) is 0. The first-order valence-electron chi connectivity index (χ1n) is 0. The van der Waals surface area contributed by atoms with E-state index in [0.717, 1.165) is 0 Å². The number of halogens is 2. The third-order valence-electron chi connectivity index (χ3n) is 0. The quantitative estimate of drug-likeness (QED) is 0.437. The molecule has 0 nitrogen and oxygen atoms in total. The van der Waals surface area contributed by atoms with Gasteiger partial charge in [-0.1, -0.05) is 0 Å². The number of hydrogen-bond donors (Lipinski definition) is 0. The summed E-state index contributed by atoms with van der Waals surface area (Å²) in [7, 11) is 0. The first-order chi connectivity index (χ1) is 0. The van der Waals surface area contributed by atoms with E-state index >= 15 is 0 Å². The molecule has 0 aliphatic heterocycles. The van der Waals surface area contributed by atoms with Crippen LogP contribution in [0.4, 0.5) is 9.41 Å². The van der Waals surface area contributed by atoms with Crippen molar-refractivity contribution in [3.8, 4) is 0 Å². The van der Waals surface area contributed by atoms with Gasteiger partial charge in [-0.05, 0) is 0 Å². The fourth-order valence-corrected chi connectivity index (χ4v) is 0. The van der Waals surface area contributed by atoms with E-state index in [0.29, 0.717) is 0 Å². The van der Waals surface area contributed by atoms with Gasteiger partial charge in [0.05, 0.1) is 0 Å². The molecule has 0 atom stereocenters. The zero-order valence-corrected chi connectivity index (χ0v) is 3.77. The molecule has 0 bridgehead atoms. The molecule has 0 aliphatic rings. The van der Waals surface area contributed by atoms with Crippen molar-refractivity contribution in [3.05, 3.63) is 0 Å². The summed E-state index contributed by atoms with van der Waals surface area (Å²) < 4.78 is 0. The SMILES string of the molecule is F.F.[KH].[Zr]. The summed E-state index contributed by atoms with van der Waals surface area (Å²) >= 11 is 0. The van der Waals surface area contributed by atoms with Crippen LogP contribution in [0.5, 0.6) is 0 Å². The molecule has 0 aromatic carbocycles. The van der Waals surface area contributed by atoms with Gasteiger partial charge in [-0.2, -0.15) is 0 Å². The molecular formula is H3F2KZr. The predicted molar refractivity (Wildman–Crippen MR) is 12.2 cm³/mol. The molecule has 0 saturated carbocycles. The maximum Gasteiger partial charge on any atom is 0 e. The zero-order valence-electron chi connectivity index (χ0n) is 1.32. The van der Waals surface area contributed by atoms with Gasteiger partial charge in [-0.3, -0.25) is 9.41 Å². The van der Waals surface area contributed by atoms with Gasteiger partial charge in [0.25, 0.3) is 0 Å². The largest absolute Gasteiger partial charge is 0 e. The molecule has 0 heterocycles. The second-order valence-electron chi connectivity index (χ2n) is 0. The molecule has 0 aromatic rings. The fourth-order valence-electron chi connectivity index (χ4n) is 0. The van der Waals surface area contributed by atoms with Gasteiger partial charge in [0.15, 0.2) is 0 Å². The van der Waals surface area contributed by atoms with E-state index in [1.165, 1.54) is 0 Å². The average molecular weight is 171 g/mol. The molecule has 4 heteroatoms. The minimum absolute atomic E-state index is 0. The summed E-state index contributed by atoms with van der Waals surface area (Å²) in [6.07, 6.45) is 0. The van der Waals surface area contributed by atoms with Crippen LogP contribution in [0.3, 0.4) is 0 Å². The van der Waals surface area contributed by atoms with E-state index in [9.17, 15) is 0 Å². The van der Waals surface area contributed by atoms with Crippen molar-refractivity contribution < 1.29 is 35.6 Å². The van der Waals surface area contributed by atoms with Gasteiger partial charge in [-0.25, -0.2) is 0 Å². The molecule has 0 rings (SSSR count). The summed E-state index contributed by atoms with van der Waals surface area (Å²) in [5, 5.41) is 0. The van der Waals surface area contributed by atoms with Crippen LogP contribution in [0, 0.1) is 0 Å². The van der Waals surface area contributed by atoms with E-state index in [1.54, 1.807) is 0 Å². The van der Waals surface area contributed by atoms with Crippen LogP contribution in [0.1, 0.15) is 0 Å². The molecule has 22 valence electrons. The Labute approximate surface area is 85.0 Å². The van der Waals surface area contributed by atoms with Crippen molar-refractivity contribution in [2.75, 3.05) is 0 Å². The summed E-state index contributed by atoms with van der Waals surface area (Å²) in [6.45, 7) is 0. The maximum atomic E-state index is 0. The van der Waals surface area contributed by atoms with Crippen LogP contribution in [0.25, 0.3) is 0 Å². The molecule has 0 radical (unpaired) electrons. The fraction of sp³-hybridized carbons (Fsp3) is 0. The van der Waals surface area contributed by atoms with Crippen molar-refractivity contribution in [1.29, 1.82) is 0 Å². The van der Waals surface area contributed by atoms with Crippen LogP contribution < -0.4 is 0 Å². The van der Waals surface area contributed by atoms with E-state index in [-0.39, 0.29) is 87.0 Å². The van der Waals surface area contributed by atoms with Gasteiger partial charge in [0.2, 0.25) is 0 Å². The van der Waals surface area contributed by atoms with E-state index in [1.807, 2.05) is 0 Å². The second kappa shape index (κ2) is 18.2. The van der Waals surface area contributed by atoms with E-state index in [2.05, 4.69) is 0 Å². The monoisotopic (exact) mass is 170 g/mol. The van der Waals surface area contributed by atoms with Crippen LogP contribution >= 0.6 is 0 Å². The van der Waals surface area contributed by atoms with Crippen LogP contribution in [-0.4, -0.2) is 51.4 Å². The Bertz CT molecular complexity index is 6.00. The molecule has 0 unspecified atom stereocenters. The van der Waals surface area contributed by atoms with Crippen LogP contribution in [0.2, 0.25) is 0 Å². The smallest absolute Gasteiger partial charge is 0 e. The van der Waals surface area contributed by atoms with Crippen LogP contribution in [-0.2, 0) is 26.2 Å². The summed E-state index contributed by atoms with van der Waals surface area (Å²) in [5.74, 6) is 0. The third kappa shape index (κ3) is 8.83. The van der Waals surface area contributed by atoms with Gasteiger partial charge in [0, 0.05) is 26.2 Å². The molecule has 0 saturated heterocycles. The van der Waals surface area contributed by atoms with Crippen molar-refractivity contribution in [2.45, 2.75) is 0 Å². The molecular weight excluding hydrogens is 168 g/mol. The molecule has 0 N–H and O–H groups in total. The topological polar surface area (TPSA) is 0 Å². The Kier molecular flexibility index (Phi) is 149. The van der Waals surface area contributed by atoms with E-state index < -0.39 is 0 Å². The summed E-state index contributed by atoms with van der Waals surface area (Å²) in [5.41, 5.74) is 0. The zero-order chi connectivity index (χ0) is 0. The van der Waals surface area contributed by atoms with Gasteiger partial charge in [-0.15, -0.1) is 0 Å². The molecule has 4 heavy (non-hydrogen) atoms. The Morgan fingerprint density at radius 3 is 0.750 bits per heavy atom. The van der Waals surface area contributed by atoms with Gasteiger partial charge >= 0.3 is 51.4 Å². The molecule has 0 fully saturated rings. The normalized spacial score (nSPS) is 0. The second-order valence-corrected chi connectivity index (χ2v) is 0. The predicted octanol–water partition coefficient (Wildman–Crippen LogP) is -0.346. The van der Waals surface area contributed by atoms with Gasteiger partial charge in [0.1, 0.15) is 0 Å². The Hall–Kier alpha value is 2.38. The molecule has 0 amide bonds. The first kappa shape index (κ1) is 32.6. The Morgan fingerprint density at radius 1 is 0.750 bits per heavy atom. The average Bonchev–Trinajstić information content (AvgIpc) is 0. The van der Waals surface area contributed by atoms with Crippen molar-refractivity contribution in [3.63, 3.8) is 0 Å². The van der Waals surface area contributed by atoms with Gasteiger partial charge < -0.3 is 0 Å². The standard InChI is InChI=1S/2FH.K.Zr.H/h2*1H;;;. The number of hydrogen-bond acceptors (Lipinski definition) is 0. The third-order valence-corrected chi connectivity index (χ3v) is 0. The minimum atomic E-state index is 0. The molecule has 0 aromatic heterocycles. The van der Waals surface area contributed by atoms with Crippen LogP contribution in [0.15, 0.2) is 0 Å². The Balaban J connectivity index is 0. The Morgan fingerprint density at radius 2 is 0.750 bits per heavy atom. The van der Waals surface area contributed by atoms with Crippen molar-refractivity contribution in [1.82, 2.24) is 0 Å². The number of rotatable bonds is 0. The molecule has 0 aliphatic carbocycles. The van der Waals surface area contributed by atoms with Crippen molar-refractivity contribution >= 4 is 51.4 Å². The van der Waals surface area contributed by atoms with E-state index in [4.69, 9.17) is 0 Å². The first-order valence-corrected chi connectivity index (χ1v) is 0. The molecule has 0 spiro atoms. The minimum Gasteiger partial charge on any atom is 0 e.